The van der Waals surface area contributed by atoms with Gasteiger partial charge in [0, 0.05) is 49.0 Å². The molecule has 0 aliphatic carbocycles. The Labute approximate surface area is 231 Å². The first-order chi connectivity index (χ1) is 18.7. The van der Waals surface area contributed by atoms with Gasteiger partial charge in [0.2, 0.25) is 0 Å². The monoisotopic (exact) mass is 554 g/mol. The lowest BCUT2D eigenvalue weighted by atomic mass is 10.1. The summed E-state index contributed by atoms with van der Waals surface area (Å²) in [6.07, 6.45) is 0. The summed E-state index contributed by atoms with van der Waals surface area (Å²) in [6, 6.07) is 15.5. The van der Waals surface area contributed by atoms with Gasteiger partial charge < -0.3 is 20.1 Å². The highest BCUT2D eigenvalue weighted by atomic mass is 32.1. The standard InChI is InChI=1S/C28H34N4O4S2/c33-27(29-19-23(25-7-3-17-37-25)31-9-13-35-14-10-31)21-5-1-2-6-22(21)28(34)30-20-24(26-8-4-18-38-26)32-11-15-36-16-12-32/h1-8,17-18,23-24H,9-16,19-20H2,(H,29,33)(H,30,34). The highest BCUT2D eigenvalue weighted by Crippen LogP contribution is 2.27. The van der Waals surface area contributed by atoms with Crippen LogP contribution in [0, 0.1) is 0 Å². The molecule has 8 nitrogen and oxygen atoms in total. The van der Waals surface area contributed by atoms with Crippen LogP contribution in [-0.2, 0) is 9.47 Å². The third-order valence-corrected chi connectivity index (χ3v) is 8.99. The Morgan fingerprint density at radius 3 is 1.47 bits per heavy atom. The van der Waals surface area contributed by atoms with Crippen LogP contribution in [0.4, 0.5) is 0 Å². The lowest BCUT2D eigenvalue weighted by Gasteiger charge is -2.34. The van der Waals surface area contributed by atoms with Gasteiger partial charge in [-0.3, -0.25) is 19.4 Å². The van der Waals surface area contributed by atoms with Crippen molar-refractivity contribution in [1.82, 2.24) is 20.4 Å². The summed E-state index contributed by atoms with van der Waals surface area (Å²) in [7, 11) is 0. The molecule has 0 spiro atoms. The fourth-order valence-electron chi connectivity index (χ4n) is 5.01. The average molecular weight is 555 g/mol. The first kappa shape index (κ1) is 27.0. The number of morpholine rings is 2. The van der Waals surface area contributed by atoms with E-state index in [4.69, 9.17) is 9.47 Å². The Morgan fingerprint density at radius 1 is 0.684 bits per heavy atom. The molecule has 2 aromatic heterocycles. The van der Waals surface area contributed by atoms with Crippen LogP contribution in [-0.4, -0.2) is 87.3 Å². The second kappa shape index (κ2) is 13.5. The maximum atomic E-state index is 13.3. The quantitative estimate of drug-likeness (QED) is 0.400. The van der Waals surface area contributed by atoms with Gasteiger partial charge in [0.15, 0.2) is 0 Å². The van der Waals surface area contributed by atoms with Crippen LogP contribution in [0.1, 0.15) is 42.6 Å². The van der Waals surface area contributed by atoms with Crippen LogP contribution in [0.3, 0.4) is 0 Å². The molecule has 2 aliphatic rings. The molecule has 10 heteroatoms. The molecule has 4 heterocycles. The van der Waals surface area contributed by atoms with Crippen LogP contribution >= 0.6 is 22.7 Å². The van der Waals surface area contributed by atoms with E-state index in [0.29, 0.717) is 50.6 Å². The fourth-order valence-corrected chi connectivity index (χ4v) is 6.73. The van der Waals surface area contributed by atoms with Crippen LogP contribution in [0.25, 0.3) is 0 Å². The van der Waals surface area contributed by atoms with Crippen LogP contribution < -0.4 is 10.6 Å². The maximum absolute atomic E-state index is 13.3. The Balaban J connectivity index is 1.25. The van der Waals surface area contributed by atoms with E-state index in [1.165, 1.54) is 9.75 Å². The fraction of sp³-hybridized carbons (Fsp3) is 0.429. The topological polar surface area (TPSA) is 83.1 Å². The molecule has 2 saturated heterocycles. The second-order valence-corrected chi connectivity index (χ2v) is 11.3. The smallest absolute Gasteiger partial charge is 0.252 e. The predicted molar refractivity (Wildman–Crippen MR) is 150 cm³/mol. The van der Waals surface area contributed by atoms with E-state index in [0.717, 1.165) is 26.2 Å². The number of amides is 2. The number of carbonyl (C=O) groups excluding carboxylic acids is 2. The Morgan fingerprint density at radius 2 is 1.11 bits per heavy atom. The van der Waals surface area contributed by atoms with E-state index >= 15 is 0 Å². The van der Waals surface area contributed by atoms with E-state index < -0.39 is 0 Å². The van der Waals surface area contributed by atoms with Crippen molar-refractivity contribution in [2.24, 2.45) is 0 Å². The summed E-state index contributed by atoms with van der Waals surface area (Å²) in [4.78, 5) is 33.8. The minimum atomic E-state index is -0.242. The van der Waals surface area contributed by atoms with Gasteiger partial charge in [-0.15, -0.1) is 22.7 Å². The van der Waals surface area contributed by atoms with Gasteiger partial charge in [-0.05, 0) is 35.0 Å². The van der Waals surface area contributed by atoms with E-state index in [1.807, 2.05) is 12.1 Å². The van der Waals surface area contributed by atoms with Crippen LogP contribution in [0.2, 0.25) is 0 Å². The molecule has 1 aromatic carbocycles. The van der Waals surface area contributed by atoms with Gasteiger partial charge >= 0.3 is 0 Å². The van der Waals surface area contributed by atoms with Crippen molar-refractivity contribution in [2.45, 2.75) is 12.1 Å². The number of benzene rings is 1. The molecule has 2 N–H and O–H groups in total. The molecule has 2 unspecified atom stereocenters. The Bertz CT molecular complexity index is 1070. The van der Waals surface area contributed by atoms with Crippen LogP contribution in [0.15, 0.2) is 59.3 Å². The molecular formula is C28H34N4O4S2. The molecular weight excluding hydrogens is 520 g/mol. The average Bonchev–Trinajstić information content (AvgIpc) is 3.70. The number of nitrogens with one attached hydrogen (secondary N) is 2. The summed E-state index contributed by atoms with van der Waals surface area (Å²) in [5, 5.41) is 10.3. The normalized spacial score (nSPS) is 18.5. The zero-order valence-corrected chi connectivity index (χ0v) is 23.0. The first-order valence-electron chi connectivity index (χ1n) is 13.1. The van der Waals surface area contributed by atoms with Gasteiger partial charge in [0.25, 0.3) is 11.8 Å². The highest BCUT2D eigenvalue weighted by Gasteiger charge is 2.27. The van der Waals surface area contributed by atoms with Crippen molar-refractivity contribution in [2.75, 3.05) is 65.7 Å². The molecule has 2 atom stereocenters. The second-order valence-electron chi connectivity index (χ2n) is 9.32. The number of ether oxygens (including phenoxy) is 2. The summed E-state index contributed by atoms with van der Waals surface area (Å²) >= 11 is 3.38. The number of thiophene rings is 2. The van der Waals surface area contributed by atoms with E-state index in [1.54, 1.807) is 46.9 Å². The molecule has 2 aliphatic heterocycles. The molecule has 0 radical (unpaired) electrons. The number of nitrogens with zero attached hydrogens (tertiary/aromatic N) is 2. The molecule has 0 bridgehead atoms. The first-order valence-corrected chi connectivity index (χ1v) is 14.8. The van der Waals surface area contributed by atoms with Crippen molar-refractivity contribution < 1.29 is 19.1 Å². The van der Waals surface area contributed by atoms with Gasteiger partial charge in [0.1, 0.15) is 0 Å². The molecule has 2 amide bonds. The number of rotatable bonds is 10. The molecule has 0 saturated carbocycles. The van der Waals surface area contributed by atoms with Crippen molar-refractivity contribution in [3.8, 4) is 0 Å². The van der Waals surface area contributed by atoms with E-state index in [-0.39, 0.29) is 23.9 Å². The molecule has 202 valence electrons. The largest absolute Gasteiger partial charge is 0.379 e. The highest BCUT2D eigenvalue weighted by molar-refractivity contribution is 7.10. The number of carbonyl (C=O) groups is 2. The van der Waals surface area contributed by atoms with E-state index in [2.05, 4.69) is 43.3 Å². The van der Waals surface area contributed by atoms with Gasteiger partial charge in [-0.25, -0.2) is 0 Å². The zero-order valence-electron chi connectivity index (χ0n) is 21.3. The lowest BCUT2D eigenvalue weighted by molar-refractivity contribution is 0.0168. The van der Waals surface area contributed by atoms with Gasteiger partial charge in [-0.1, -0.05) is 24.3 Å². The van der Waals surface area contributed by atoms with Crippen molar-refractivity contribution in [3.05, 3.63) is 80.2 Å². The maximum Gasteiger partial charge on any atom is 0.252 e. The van der Waals surface area contributed by atoms with E-state index in [9.17, 15) is 9.59 Å². The van der Waals surface area contributed by atoms with Gasteiger partial charge in [-0.2, -0.15) is 0 Å². The summed E-state index contributed by atoms with van der Waals surface area (Å²) in [6.45, 7) is 6.99. The SMILES string of the molecule is O=C(NCC(c1cccs1)N1CCOCC1)c1ccccc1C(=O)NCC(c1cccs1)N1CCOCC1. The lowest BCUT2D eigenvalue weighted by Crippen LogP contribution is -2.44. The van der Waals surface area contributed by atoms with Crippen molar-refractivity contribution >= 4 is 34.5 Å². The summed E-state index contributed by atoms with van der Waals surface area (Å²) in [5.74, 6) is -0.484. The van der Waals surface area contributed by atoms with Crippen molar-refractivity contribution in [1.29, 1.82) is 0 Å². The molecule has 5 rings (SSSR count). The Hall–Kier alpha value is -2.60. The minimum absolute atomic E-state index is 0.0731. The summed E-state index contributed by atoms with van der Waals surface area (Å²) < 4.78 is 11.1. The Kier molecular flexibility index (Phi) is 9.56. The number of hydrogen-bond donors (Lipinski definition) is 2. The number of hydrogen-bond acceptors (Lipinski definition) is 8. The third-order valence-electron chi connectivity index (χ3n) is 7.04. The molecule has 38 heavy (non-hydrogen) atoms. The predicted octanol–water partition coefficient (Wildman–Crippen LogP) is 3.42. The molecule has 2 fully saturated rings. The van der Waals surface area contributed by atoms with Gasteiger partial charge in [0.05, 0.1) is 49.6 Å². The minimum Gasteiger partial charge on any atom is -0.379 e. The van der Waals surface area contributed by atoms with Crippen LogP contribution in [0.5, 0.6) is 0 Å². The zero-order chi connectivity index (χ0) is 26.2. The third kappa shape index (κ3) is 6.69. The molecule has 3 aromatic rings. The summed E-state index contributed by atoms with van der Waals surface area (Å²) in [5.41, 5.74) is 0.770. The van der Waals surface area contributed by atoms with Crippen molar-refractivity contribution in [3.63, 3.8) is 0 Å².